The van der Waals surface area contributed by atoms with Crippen molar-refractivity contribution in [1.29, 1.82) is 0 Å². The number of nitrogens with zero attached hydrogens (tertiary/aromatic N) is 1. The molecule has 1 saturated carbocycles. The van der Waals surface area contributed by atoms with Crippen LogP contribution in [0, 0.1) is 5.92 Å². The molecular weight excluding hydrogens is 224 g/mol. The fourth-order valence-corrected chi connectivity index (χ4v) is 3.25. The molecule has 3 unspecified atom stereocenters. The molecule has 2 rings (SSSR count). The van der Waals surface area contributed by atoms with E-state index in [0.29, 0.717) is 12.1 Å². The number of hydrogen-bond donors (Lipinski definition) is 1. The van der Waals surface area contributed by atoms with Gasteiger partial charge in [-0.1, -0.05) is 19.8 Å². The maximum absolute atomic E-state index is 5.87. The SMILES string of the molecule is CC1CCCC(NCC2CN(C(C)C)CCO2)C1. The highest BCUT2D eigenvalue weighted by atomic mass is 16.5. The molecular formula is C15H30N2O. The van der Waals surface area contributed by atoms with E-state index < -0.39 is 0 Å². The normalized spacial score (nSPS) is 35.0. The third-order valence-electron chi connectivity index (χ3n) is 4.47. The van der Waals surface area contributed by atoms with E-state index >= 15 is 0 Å². The smallest absolute Gasteiger partial charge is 0.0826 e. The summed E-state index contributed by atoms with van der Waals surface area (Å²) in [4.78, 5) is 2.53. The maximum Gasteiger partial charge on any atom is 0.0826 e. The van der Waals surface area contributed by atoms with Gasteiger partial charge in [-0.25, -0.2) is 0 Å². The van der Waals surface area contributed by atoms with Crippen molar-refractivity contribution in [1.82, 2.24) is 10.2 Å². The highest BCUT2D eigenvalue weighted by molar-refractivity contribution is 4.80. The summed E-state index contributed by atoms with van der Waals surface area (Å²) in [6.45, 7) is 11.0. The second kappa shape index (κ2) is 6.88. The lowest BCUT2D eigenvalue weighted by Gasteiger charge is -2.37. The van der Waals surface area contributed by atoms with Crippen molar-refractivity contribution in [3.8, 4) is 0 Å². The van der Waals surface area contributed by atoms with Crippen molar-refractivity contribution >= 4 is 0 Å². The van der Waals surface area contributed by atoms with Gasteiger partial charge < -0.3 is 10.1 Å². The van der Waals surface area contributed by atoms with Gasteiger partial charge >= 0.3 is 0 Å². The van der Waals surface area contributed by atoms with Gasteiger partial charge in [0.05, 0.1) is 12.7 Å². The summed E-state index contributed by atoms with van der Waals surface area (Å²) in [7, 11) is 0. The molecule has 2 fully saturated rings. The summed E-state index contributed by atoms with van der Waals surface area (Å²) in [6, 6.07) is 1.37. The van der Waals surface area contributed by atoms with Crippen LogP contribution in [-0.4, -0.2) is 49.3 Å². The quantitative estimate of drug-likeness (QED) is 0.833. The van der Waals surface area contributed by atoms with Gasteiger partial charge in [0.25, 0.3) is 0 Å². The molecule has 0 spiro atoms. The van der Waals surface area contributed by atoms with Crippen LogP contribution in [0.25, 0.3) is 0 Å². The van der Waals surface area contributed by atoms with Gasteiger partial charge in [0.2, 0.25) is 0 Å². The van der Waals surface area contributed by atoms with Gasteiger partial charge in [0.1, 0.15) is 0 Å². The minimum atomic E-state index is 0.387. The minimum absolute atomic E-state index is 0.387. The van der Waals surface area contributed by atoms with Crippen molar-refractivity contribution in [3.63, 3.8) is 0 Å². The van der Waals surface area contributed by atoms with E-state index in [1.54, 1.807) is 0 Å². The molecule has 106 valence electrons. The van der Waals surface area contributed by atoms with Crippen LogP contribution in [0.1, 0.15) is 46.5 Å². The monoisotopic (exact) mass is 254 g/mol. The Morgan fingerprint density at radius 3 is 2.89 bits per heavy atom. The van der Waals surface area contributed by atoms with Crippen LogP contribution in [0.3, 0.4) is 0 Å². The Hall–Kier alpha value is -0.120. The van der Waals surface area contributed by atoms with E-state index in [1.165, 1.54) is 25.7 Å². The summed E-state index contributed by atoms with van der Waals surface area (Å²) >= 11 is 0. The summed E-state index contributed by atoms with van der Waals surface area (Å²) in [6.07, 6.45) is 5.89. The first kappa shape index (κ1) is 14.3. The molecule has 3 nitrogen and oxygen atoms in total. The van der Waals surface area contributed by atoms with Gasteiger partial charge in [-0.05, 0) is 32.6 Å². The van der Waals surface area contributed by atoms with Crippen LogP contribution in [-0.2, 0) is 4.74 Å². The van der Waals surface area contributed by atoms with Crippen LogP contribution < -0.4 is 5.32 Å². The molecule has 18 heavy (non-hydrogen) atoms. The third-order valence-corrected chi connectivity index (χ3v) is 4.47. The lowest BCUT2D eigenvalue weighted by Crippen LogP contribution is -2.50. The first-order valence-electron chi connectivity index (χ1n) is 7.74. The first-order valence-corrected chi connectivity index (χ1v) is 7.74. The number of morpholine rings is 1. The molecule has 3 heteroatoms. The molecule has 1 heterocycles. The highest BCUT2D eigenvalue weighted by Gasteiger charge is 2.24. The molecule has 1 N–H and O–H groups in total. The van der Waals surface area contributed by atoms with Gasteiger partial charge in [-0.2, -0.15) is 0 Å². The topological polar surface area (TPSA) is 24.5 Å². The first-order chi connectivity index (χ1) is 8.65. The lowest BCUT2D eigenvalue weighted by atomic mass is 9.87. The standard InChI is InChI=1S/C15H30N2O/c1-12(2)17-7-8-18-15(11-17)10-16-14-6-4-5-13(3)9-14/h12-16H,4-11H2,1-3H3. The average molecular weight is 254 g/mol. The Kier molecular flexibility index (Phi) is 5.46. The number of nitrogens with one attached hydrogen (secondary N) is 1. The van der Waals surface area contributed by atoms with Crippen molar-refractivity contribution < 1.29 is 4.74 Å². The summed E-state index contributed by atoms with van der Waals surface area (Å²) in [5.74, 6) is 0.899. The zero-order chi connectivity index (χ0) is 13.0. The van der Waals surface area contributed by atoms with Crippen molar-refractivity contribution in [2.24, 2.45) is 5.92 Å². The molecule has 0 aromatic heterocycles. The molecule has 1 aliphatic heterocycles. The fraction of sp³-hybridized carbons (Fsp3) is 1.00. The summed E-state index contributed by atoms with van der Waals surface area (Å²) in [5.41, 5.74) is 0. The molecule has 0 aromatic rings. The van der Waals surface area contributed by atoms with E-state index in [0.717, 1.165) is 38.2 Å². The van der Waals surface area contributed by atoms with Crippen molar-refractivity contribution in [3.05, 3.63) is 0 Å². The van der Waals surface area contributed by atoms with Crippen LogP contribution in [0.15, 0.2) is 0 Å². The lowest BCUT2D eigenvalue weighted by molar-refractivity contribution is -0.0387. The van der Waals surface area contributed by atoms with E-state index in [1.807, 2.05) is 0 Å². The average Bonchev–Trinajstić information content (AvgIpc) is 2.37. The summed E-state index contributed by atoms with van der Waals surface area (Å²) < 4.78 is 5.87. The number of rotatable bonds is 4. The van der Waals surface area contributed by atoms with Crippen LogP contribution in [0.4, 0.5) is 0 Å². The van der Waals surface area contributed by atoms with E-state index in [2.05, 4.69) is 31.0 Å². The molecule has 1 aliphatic carbocycles. The predicted octanol–water partition coefficient (Wildman–Crippen LogP) is 2.26. The van der Waals surface area contributed by atoms with E-state index in [-0.39, 0.29) is 0 Å². The Morgan fingerprint density at radius 1 is 1.33 bits per heavy atom. The molecule has 3 atom stereocenters. The zero-order valence-corrected chi connectivity index (χ0v) is 12.3. The van der Waals surface area contributed by atoms with Gasteiger partial charge in [-0.15, -0.1) is 0 Å². The number of ether oxygens (including phenoxy) is 1. The maximum atomic E-state index is 5.87. The largest absolute Gasteiger partial charge is 0.374 e. The van der Waals surface area contributed by atoms with Gasteiger partial charge in [-0.3, -0.25) is 4.90 Å². The molecule has 0 amide bonds. The second-order valence-corrected chi connectivity index (χ2v) is 6.46. The predicted molar refractivity (Wildman–Crippen MR) is 75.9 cm³/mol. The Morgan fingerprint density at radius 2 is 2.17 bits per heavy atom. The van der Waals surface area contributed by atoms with Crippen LogP contribution in [0.5, 0.6) is 0 Å². The zero-order valence-electron chi connectivity index (χ0n) is 12.3. The highest BCUT2D eigenvalue weighted by Crippen LogP contribution is 2.23. The Bertz CT molecular complexity index is 245. The van der Waals surface area contributed by atoms with Crippen molar-refractivity contribution in [2.45, 2.75) is 64.6 Å². The Labute approximate surface area is 112 Å². The molecule has 0 aromatic carbocycles. The third kappa shape index (κ3) is 4.22. The van der Waals surface area contributed by atoms with Gasteiger partial charge in [0, 0.05) is 31.7 Å². The molecule has 0 bridgehead atoms. The van der Waals surface area contributed by atoms with E-state index in [4.69, 9.17) is 4.74 Å². The Balaban J connectivity index is 1.69. The summed E-state index contributed by atoms with van der Waals surface area (Å²) in [5, 5.41) is 3.73. The fourth-order valence-electron chi connectivity index (χ4n) is 3.25. The van der Waals surface area contributed by atoms with Crippen molar-refractivity contribution in [2.75, 3.05) is 26.2 Å². The molecule has 1 saturated heterocycles. The van der Waals surface area contributed by atoms with Crippen LogP contribution in [0.2, 0.25) is 0 Å². The molecule has 2 aliphatic rings. The van der Waals surface area contributed by atoms with E-state index in [9.17, 15) is 0 Å². The molecule has 0 radical (unpaired) electrons. The van der Waals surface area contributed by atoms with Gasteiger partial charge in [0.15, 0.2) is 0 Å². The second-order valence-electron chi connectivity index (χ2n) is 6.46. The van der Waals surface area contributed by atoms with Crippen LogP contribution >= 0.6 is 0 Å². The number of hydrogen-bond acceptors (Lipinski definition) is 3. The minimum Gasteiger partial charge on any atom is -0.374 e.